The number of nitrogens with zero attached hydrogens (tertiary/aromatic N) is 1. The molecule has 1 fully saturated rings. The van der Waals surface area contributed by atoms with Gasteiger partial charge in [-0.1, -0.05) is 37.5 Å². The number of hydrogen-bond acceptors (Lipinski definition) is 5. The zero-order chi connectivity index (χ0) is 23.2. The Balaban J connectivity index is 1.48. The molecule has 5 rings (SSSR count). The van der Waals surface area contributed by atoms with Crippen LogP contribution in [0.15, 0.2) is 53.4 Å². The zero-order valence-electron chi connectivity index (χ0n) is 19.2. The molecule has 0 saturated heterocycles. The molecule has 0 bridgehead atoms. The summed E-state index contributed by atoms with van der Waals surface area (Å²) in [5.74, 6) is 0.979. The quantitative estimate of drug-likeness (QED) is 0.591. The second kappa shape index (κ2) is 8.69. The molecule has 3 aliphatic rings. The molecular weight excluding hydrogens is 436 g/mol. The molecule has 3 atom stereocenters. The lowest BCUT2D eigenvalue weighted by atomic mass is 9.77. The molecule has 0 amide bonds. The number of methoxy groups -OCH3 is 1. The highest BCUT2D eigenvalue weighted by atomic mass is 32.2. The molecule has 33 heavy (non-hydrogen) atoms. The second-order valence-corrected chi connectivity index (χ2v) is 11.5. The summed E-state index contributed by atoms with van der Waals surface area (Å²) in [4.78, 5) is 0.375. The first-order valence-corrected chi connectivity index (χ1v) is 13.3. The molecule has 3 unspecified atom stereocenters. The summed E-state index contributed by atoms with van der Waals surface area (Å²) in [7, 11) is -0.261. The van der Waals surface area contributed by atoms with Crippen LogP contribution >= 0.6 is 0 Å². The summed E-state index contributed by atoms with van der Waals surface area (Å²) in [5.41, 5.74) is 3.04. The molecule has 176 valence electrons. The average Bonchev–Trinajstić information content (AvgIpc) is 3.34. The highest BCUT2D eigenvalue weighted by molar-refractivity contribution is 7.89. The van der Waals surface area contributed by atoms with E-state index >= 15 is 0 Å². The molecule has 7 heteroatoms. The number of benzene rings is 2. The number of fused-ring (bicyclic) bond motifs is 3. The first-order valence-electron chi connectivity index (χ1n) is 11.8. The molecular formula is C26H32N2O4S. The van der Waals surface area contributed by atoms with Crippen LogP contribution in [0.25, 0.3) is 0 Å². The maximum atomic E-state index is 13.4. The molecule has 2 aromatic rings. The third-order valence-electron chi connectivity index (χ3n) is 7.66. The Morgan fingerprint density at radius 3 is 2.64 bits per heavy atom. The maximum Gasteiger partial charge on any atom is 0.243 e. The van der Waals surface area contributed by atoms with Crippen molar-refractivity contribution in [1.29, 1.82) is 0 Å². The SMILES string of the molecule is COc1cc(C2Nc3ccc(S(=O)(=O)N(C)C4CCCCC4)cc3C3C=CCC32)ccc1O. The van der Waals surface area contributed by atoms with E-state index < -0.39 is 10.0 Å². The van der Waals surface area contributed by atoms with E-state index in [-0.39, 0.29) is 29.7 Å². The molecule has 2 N–H and O–H groups in total. The largest absolute Gasteiger partial charge is 0.504 e. The minimum Gasteiger partial charge on any atom is -0.504 e. The van der Waals surface area contributed by atoms with Crippen LogP contribution in [0, 0.1) is 5.92 Å². The van der Waals surface area contributed by atoms with Gasteiger partial charge in [-0.25, -0.2) is 8.42 Å². The topological polar surface area (TPSA) is 78.9 Å². The maximum absolute atomic E-state index is 13.4. The number of rotatable bonds is 5. The van der Waals surface area contributed by atoms with E-state index in [0.717, 1.165) is 48.9 Å². The highest BCUT2D eigenvalue weighted by Crippen LogP contribution is 2.51. The summed E-state index contributed by atoms with van der Waals surface area (Å²) in [5, 5.41) is 13.6. The van der Waals surface area contributed by atoms with Gasteiger partial charge in [0, 0.05) is 24.7 Å². The smallest absolute Gasteiger partial charge is 0.243 e. The first-order chi connectivity index (χ1) is 15.9. The van der Waals surface area contributed by atoms with Gasteiger partial charge in [0.15, 0.2) is 11.5 Å². The van der Waals surface area contributed by atoms with Gasteiger partial charge in [0.1, 0.15) is 0 Å². The molecule has 2 aromatic carbocycles. The fourth-order valence-electron chi connectivity index (χ4n) is 5.76. The van der Waals surface area contributed by atoms with E-state index in [2.05, 4.69) is 17.5 Å². The Bertz CT molecular complexity index is 1170. The number of ether oxygens (including phenoxy) is 1. The fraction of sp³-hybridized carbons (Fsp3) is 0.462. The summed E-state index contributed by atoms with van der Waals surface area (Å²) in [6.07, 6.45) is 10.6. The summed E-state index contributed by atoms with van der Waals surface area (Å²) >= 11 is 0. The van der Waals surface area contributed by atoms with Crippen LogP contribution in [0.2, 0.25) is 0 Å². The second-order valence-electron chi connectivity index (χ2n) is 9.47. The van der Waals surface area contributed by atoms with Gasteiger partial charge in [-0.15, -0.1) is 0 Å². The number of phenols is 1. The lowest BCUT2D eigenvalue weighted by Gasteiger charge is -2.38. The predicted molar refractivity (Wildman–Crippen MR) is 129 cm³/mol. The van der Waals surface area contributed by atoms with E-state index in [1.165, 1.54) is 6.42 Å². The van der Waals surface area contributed by atoms with Crippen LogP contribution in [-0.4, -0.2) is 38.0 Å². The summed E-state index contributed by atoms with van der Waals surface area (Å²) < 4.78 is 33.8. The molecule has 1 saturated carbocycles. The molecule has 2 aliphatic carbocycles. The molecule has 0 radical (unpaired) electrons. The van der Waals surface area contributed by atoms with Crippen molar-refractivity contribution in [2.75, 3.05) is 19.5 Å². The minimum atomic E-state index is -3.54. The van der Waals surface area contributed by atoms with Gasteiger partial charge in [-0.05, 0) is 66.6 Å². The van der Waals surface area contributed by atoms with Gasteiger partial charge in [0.25, 0.3) is 0 Å². The van der Waals surface area contributed by atoms with Crippen molar-refractivity contribution in [2.45, 2.75) is 61.4 Å². The number of anilines is 1. The van der Waals surface area contributed by atoms with Crippen molar-refractivity contribution in [1.82, 2.24) is 4.31 Å². The Morgan fingerprint density at radius 1 is 1.09 bits per heavy atom. The van der Waals surface area contributed by atoms with Crippen LogP contribution in [0.3, 0.4) is 0 Å². The monoisotopic (exact) mass is 468 g/mol. The number of sulfonamides is 1. The van der Waals surface area contributed by atoms with Crippen molar-refractivity contribution in [3.8, 4) is 11.5 Å². The first kappa shape index (κ1) is 22.3. The average molecular weight is 469 g/mol. The Hall–Kier alpha value is -2.51. The Kier molecular flexibility index (Phi) is 5.87. The number of hydrogen-bond donors (Lipinski definition) is 2. The minimum absolute atomic E-state index is 0.0411. The molecule has 0 aromatic heterocycles. The van der Waals surface area contributed by atoms with Crippen molar-refractivity contribution >= 4 is 15.7 Å². The molecule has 6 nitrogen and oxygen atoms in total. The van der Waals surface area contributed by atoms with Gasteiger partial charge in [-0.2, -0.15) is 4.31 Å². The zero-order valence-corrected chi connectivity index (χ0v) is 20.0. The Labute approximate surface area is 196 Å². The van der Waals surface area contributed by atoms with E-state index in [1.807, 2.05) is 24.3 Å². The molecule has 0 spiro atoms. The number of nitrogens with one attached hydrogen (secondary N) is 1. The third kappa shape index (κ3) is 3.91. The number of allylic oxidation sites excluding steroid dienone is 2. The van der Waals surface area contributed by atoms with E-state index in [9.17, 15) is 13.5 Å². The van der Waals surface area contributed by atoms with Crippen LogP contribution in [-0.2, 0) is 10.0 Å². The summed E-state index contributed by atoms with van der Waals surface area (Å²) in [6.45, 7) is 0. The van der Waals surface area contributed by atoms with Crippen molar-refractivity contribution in [3.05, 3.63) is 59.7 Å². The normalized spacial score (nSPS) is 24.9. The van der Waals surface area contributed by atoms with Crippen LogP contribution in [0.4, 0.5) is 5.69 Å². The van der Waals surface area contributed by atoms with Crippen LogP contribution in [0.5, 0.6) is 11.5 Å². The van der Waals surface area contributed by atoms with Gasteiger partial charge >= 0.3 is 0 Å². The van der Waals surface area contributed by atoms with Crippen LogP contribution < -0.4 is 10.1 Å². The van der Waals surface area contributed by atoms with E-state index in [4.69, 9.17) is 4.74 Å². The van der Waals surface area contributed by atoms with E-state index in [0.29, 0.717) is 10.6 Å². The van der Waals surface area contributed by atoms with Crippen LogP contribution in [0.1, 0.15) is 61.6 Å². The van der Waals surface area contributed by atoms with Gasteiger partial charge in [-0.3, -0.25) is 0 Å². The van der Waals surface area contributed by atoms with Gasteiger partial charge in [0.2, 0.25) is 10.0 Å². The van der Waals surface area contributed by atoms with Crippen molar-refractivity contribution in [3.63, 3.8) is 0 Å². The standard InChI is InChI=1S/C26H32N2O4S/c1-28(18-7-4-3-5-8-18)33(30,31)19-12-13-23-22(16-19)20-9-6-10-21(20)26(27-23)17-11-14-24(29)25(15-17)32-2/h6,9,11-16,18,20-21,26-27,29H,3-5,7-8,10H2,1-2H3. The van der Waals surface area contributed by atoms with Gasteiger partial charge in [0.05, 0.1) is 18.0 Å². The molecule has 1 aliphatic heterocycles. The lowest BCUT2D eigenvalue weighted by Crippen LogP contribution is -2.38. The fourth-order valence-corrected chi connectivity index (χ4v) is 7.21. The van der Waals surface area contributed by atoms with E-state index in [1.54, 1.807) is 30.6 Å². The third-order valence-corrected chi connectivity index (χ3v) is 9.57. The predicted octanol–water partition coefficient (Wildman–Crippen LogP) is 5.18. The number of aromatic hydroxyl groups is 1. The Morgan fingerprint density at radius 2 is 1.88 bits per heavy atom. The lowest BCUT2D eigenvalue weighted by molar-refractivity contribution is 0.286. The van der Waals surface area contributed by atoms with Crippen molar-refractivity contribution in [2.24, 2.45) is 5.92 Å². The summed E-state index contributed by atoms with van der Waals surface area (Å²) in [6, 6.07) is 11.1. The van der Waals surface area contributed by atoms with Gasteiger partial charge < -0.3 is 15.2 Å². The number of phenolic OH excluding ortho intramolecular Hbond substituents is 1. The highest BCUT2D eigenvalue weighted by Gasteiger charge is 2.39. The van der Waals surface area contributed by atoms with Crippen molar-refractivity contribution < 1.29 is 18.3 Å². The molecule has 1 heterocycles.